The highest BCUT2D eigenvalue weighted by atomic mass is 32.1. The number of hydrogen-bond acceptors (Lipinski definition) is 4. The topological polar surface area (TPSA) is 79.3 Å². The molecule has 2 atom stereocenters. The minimum atomic E-state index is -0.867. The Hall–Kier alpha value is -1.95. The lowest BCUT2D eigenvalue weighted by atomic mass is 9.78. The molecule has 0 unspecified atom stereocenters. The van der Waals surface area contributed by atoms with E-state index in [1.807, 2.05) is 25.1 Å². The molecule has 1 amide bonds. The summed E-state index contributed by atoms with van der Waals surface area (Å²) in [5, 5.41) is 13.1. The van der Waals surface area contributed by atoms with Gasteiger partial charge in [-0.2, -0.15) is 0 Å². The monoisotopic (exact) mass is 318 g/mol. The zero-order valence-corrected chi connectivity index (χ0v) is 13.2. The third-order valence-corrected chi connectivity index (χ3v) is 5.12. The number of rotatable bonds is 3. The van der Waals surface area contributed by atoms with Gasteiger partial charge in [0, 0.05) is 5.69 Å². The van der Waals surface area contributed by atoms with Crippen LogP contribution in [-0.4, -0.2) is 22.0 Å². The first kappa shape index (κ1) is 15.0. The zero-order valence-electron chi connectivity index (χ0n) is 12.3. The van der Waals surface area contributed by atoms with Crippen molar-refractivity contribution >= 4 is 39.1 Å². The maximum atomic E-state index is 12.4. The molecule has 1 aliphatic carbocycles. The third-order valence-electron chi connectivity index (χ3n) is 4.18. The number of hydrogen-bond donors (Lipinski definition) is 2. The molecule has 0 radical (unpaired) electrons. The number of aliphatic carboxylic acids is 1. The summed E-state index contributed by atoms with van der Waals surface area (Å²) in [6.45, 7) is 1.95. The van der Waals surface area contributed by atoms with Gasteiger partial charge in [-0.05, 0) is 38.0 Å². The first-order valence-corrected chi connectivity index (χ1v) is 8.27. The summed E-state index contributed by atoms with van der Waals surface area (Å²) in [6.07, 6.45) is 3.02. The molecule has 0 saturated heterocycles. The number of anilines is 1. The number of amides is 1. The van der Waals surface area contributed by atoms with Crippen molar-refractivity contribution in [1.29, 1.82) is 0 Å². The van der Waals surface area contributed by atoms with E-state index in [1.165, 1.54) is 0 Å². The van der Waals surface area contributed by atoms with Gasteiger partial charge in [-0.3, -0.25) is 9.59 Å². The van der Waals surface area contributed by atoms with Gasteiger partial charge in [0.1, 0.15) is 0 Å². The van der Waals surface area contributed by atoms with Crippen LogP contribution in [0.1, 0.15) is 30.7 Å². The zero-order chi connectivity index (χ0) is 15.7. The largest absolute Gasteiger partial charge is 0.481 e. The Balaban J connectivity index is 1.77. The lowest BCUT2D eigenvalue weighted by molar-refractivity contribution is -0.147. The number of thiazole rings is 1. The molecule has 3 rings (SSSR count). The number of carboxylic acid groups (broad SMARTS) is 1. The highest BCUT2D eigenvalue weighted by molar-refractivity contribution is 7.18. The Morgan fingerprint density at radius 2 is 2.00 bits per heavy atom. The van der Waals surface area contributed by atoms with E-state index in [0.717, 1.165) is 28.1 Å². The predicted molar refractivity (Wildman–Crippen MR) is 86.1 cm³/mol. The Labute approximate surface area is 132 Å². The minimum absolute atomic E-state index is 0.187. The van der Waals surface area contributed by atoms with Crippen LogP contribution >= 0.6 is 11.3 Å². The quantitative estimate of drug-likeness (QED) is 0.908. The molecule has 1 aromatic carbocycles. The van der Waals surface area contributed by atoms with Gasteiger partial charge in [-0.25, -0.2) is 4.98 Å². The average molecular weight is 318 g/mol. The summed E-state index contributed by atoms with van der Waals surface area (Å²) < 4.78 is 1.02. The fourth-order valence-electron chi connectivity index (χ4n) is 3.09. The Kier molecular flexibility index (Phi) is 4.11. The van der Waals surface area contributed by atoms with Crippen LogP contribution in [0.25, 0.3) is 10.2 Å². The number of benzene rings is 1. The fourth-order valence-corrected chi connectivity index (χ4v) is 3.96. The van der Waals surface area contributed by atoms with Crippen molar-refractivity contribution in [2.45, 2.75) is 32.6 Å². The molecule has 1 aliphatic rings. The molecule has 1 aromatic heterocycles. The van der Waals surface area contributed by atoms with Crippen LogP contribution in [0.4, 0.5) is 5.69 Å². The number of nitrogens with zero attached hydrogens (tertiary/aromatic N) is 1. The molecule has 5 nitrogen and oxygen atoms in total. The van der Waals surface area contributed by atoms with E-state index in [1.54, 1.807) is 11.3 Å². The van der Waals surface area contributed by atoms with Gasteiger partial charge in [0.2, 0.25) is 5.91 Å². The van der Waals surface area contributed by atoms with E-state index in [0.29, 0.717) is 18.5 Å². The van der Waals surface area contributed by atoms with Gasteiger partial charge in [0.25, 0.3) is 0 Å². The van der Waals surface area contributed by atoms with Crippen molar-refractivity contribution in [3.63, 3.8) is 0 Å². The smallest absolute Gasteiger partial charge is 0.307 e. The van der Waals surface area contributed by atoms with E-state index in [2.05, 4.69) is 10.3 Å². The molecule has 22 heavy (non-hydrogen) atoms. The summed E-state index contributed by atoms with van der Waals surface area (Å²) in [7, 11) is 0. The molecule has 0 aliphatic heterocycles. The molecule has 6 heteroatoms. The summed E-state index contributed by atoms with van der Waals surface area (Å²) in [5.74, 6) is -2.06. The average Bonchev–Trinajstić information content (AvgIpc) is 2.86. The lowest BCUT2D eigenvalue weighted by Gasteiger charge is -2.27. The number of carboxylic acids is 1. The van der Waals surface area contributed by atoms with Crippen molar-refractivity contribution in [2.24, 2.45) is 11.8 Å². The number of aromatic nitrogens is 1. The highest BCUT2D eigenvalue weighted by Gasteiger charge is 2.35. The summed E-state index contributed by atoms with van der Waals surface area (Å²) in [5.41, 5.74) is 1.62. The number of carbonyl (C=O) groups excluding carboxylic acids is 1. The first-order valence-electron chi connectivity index (χ1n) is 7.45. The predicted octanol–water partition coefficient (Wildman–Crippen LogP) is 3.43. The van der Waals surface area contributed by atoms with Crippen LogP contribution in [-0.2, 0) is 9.59 Å². The normalized spacial score (nSPS) is 21.7. The molecule has 0 spiro atoms. The number of nitrogens with one attached hydrogen (secondary N) is 1. The Morgan fingerprint density at radius 1 is 1.27 bits per heavy atom. The van der Waals surface area contributed by atoms with Crippen LogP contribution < -0.4 is 5.32 Å². The standard InChI is InChI=1S/C16H18N2O3S/c1-9-17-13-7-6-10(8-14(13)22-9)18-15(19)11-4-2-3-5-12(11)16(20)21/h6-8,11-12H,2-5H2,1H3,(H,18,19)(H,20,21)/t11-,12+/m0/s1. The molecular weight excluding hydrogens is 300 g/mol. The molecule has 0 bridgehead atoms. The van der Waals surface area contributed by atoms with Crippen molar-refractivity contribution in [3.05, 3.63) is 23.2 Å². The van der Waals surface area contributed by atoms with E-state index in [4.69, 9.17) is 0 Å². The summed E-state index contributed by atoms with van der Waals surface area (Å²) in [4.78, 5) is 28.1. The van der Waals surface area contributed by atoms with Crippen molar-refractivity contribution < 1.29 is 14.7 Å². The molecule has 1 fully saturated rings. The molecular formula is C16H18N2O3S. The lowest BCUT2D eigenvalue weighted by Crippen LogP contribution is -2.36. The first-order chi connectivity index (χ1) is 10.5. The van der Waals surface area contributed by atoms with Crippen molar-refractivity contribution in [2.75, 3.05) is 5.32 Å². The number of fused-ring (bicyclic) bond motifs is 1. The van der Waals surface area contributed by atoms with Crippen molar-refractivity contribution in [1.82, 2.24) is 4.98 Å². The van der Waals surface area contributed by atoms with E-state index in [-0.39, 0.29) is 5.91 Å². The van der Waals surface area contributed by atoms with Crippen molar-refractivity contribution in [3.8, 4) is 0 Å². The molecule has 1 heterocycles. The van der Waals surface area contributed by atoms with Gasteiger partial charge in [-0.1, -0.05) is 12.8 Å². The van der Waals surface area contributed by atoms with E-state index in [9.17, 15) is 14.7 Å². The summed E-state index contributed by atoms with van der Waals surface area (Å²) >= 11 is 1.58. The summed E-state index contributed by atoms with van der Waals surface area (Å²) in [6, 6.07) is 5.60. The van der Waals surface area contributed by atoms with Gasteiger partial charge in [0.05, 0.1) is 27.1 Å². The second-order valence-corrected chi connectivity index (χ2v) is 6.98. The van der Waals surface area contributed by atoms with Crippen LogP contribution in [0.5, 0.6) is 0 Å². The Bertz CT molecular complexity index is 725. The maximum absolute atomic E-state index is 12.4. The molecule has 2 aromatic rings. The fraction of sp³-hybridized carbons (Fsp3) is 0.438. The molecule has 116 valence electrons. The van der Waals surface area contributed by atoms with E-state index >= 15 is 0 Å². The minimum Gasteiger partial charge on any atom is -0.481 e. The molecule has 1 saturated carbocycles. The van der Waals surface area contributed by atoms with Gasteiger partial charge in [-0.15, -0.1) is 11.3 Å². The number of carbonyl (C=O) groups is 2. The van der Waals surface area contributed by atoms with Crippen LogP contribution in [0.3, 0.4) is 0 Å². The molecule has 2 N–H and O–H groups in total. The van der Waals surface area contributed by atoms with Gasteiger partial charge < -0.3 is 10.4 Å². The second kappa shape index (κ2) is 6.04. The van der Waals surface area contributed by atoms with Crippen LogP contribution in [0.2, 0.25) is 0 Å². The Morgan fingerprint density at radius 3 is 2.73 bits per heavy atom. The number of aryl methyl sites for hydroxylation is 1. The highest BCUT2D eigenvalue weighted by Crippen LogP contribution is 2.32. The van der Waals surface area contributed by atoms with Crippen LogP contribution in [0.15, 0.2) is 18.2 Å². The van der Waals surface area contributed by atoms with Crippen LogP contribution in [0, 0.1) is 18.8 Å². The maximum Gasteiger partial charge on any atom is 0.307 e. The van der Waals surface area contributed by atoms with Gasteiger partial charge >= 0.3 is 5.97 Å². The van der Waals surface area contributed by atoms with E-state index < -0.39 is 17.8 Å². The second-order valence-electron chi connectivity index (χ2n) is 5.74. The van der Waals surface area contributed by atoms with Gasteiger partial charge in [0.15, 0.2) is 0 Å². The SMILES string of the molecule is Cc1nc2ccc(NC(=O)[C@H]3CCCC[C@H]3C(=O)O)cc2s1. The third kappa shape index (κ3) is 2.97.